The molecule has 0 fully saturated rings. The number of aryl methyl sites for hydroxylation is 1. The molecule has 2 atom stereocenters. The van der Waals surface area contributed by atoms with Crippen molar-refractivity contribution in [2.45, 2.75) is 45.2 Å². The molecule has 6 nitrogen and oxygen atoms in total. The Kier molecular flexibility index (Phi) is 9.00. The van der Waals surface area contributed by atoms with Crippen LogP contribution in [0.15, 0.2) is 54.6 Å². The van der Waals surface area contributed by atoms with Crippen LogP contribution in [0.2, 0.25) is 5.02 Å². The first-order valence-corrected chi connectivity index (χ1v) is 12.2. The van der Waals surface area contributed by atoms with Gasteiger partial charge in [0, 0.05) is 36.0 Å². The number of benzene rings is 2. The summed E-state index contributed by atoms with van der Waals surface area (Å²) in [5, 5.41) is 7.25. The first kappa shape index (κ1) is 24.9. The fourth-order valence-corrected chi connectivity index (χ4v) is 4.94. The van der Waals surface area contributed by atoms with Crippen molar-refractivity contribution < 1.29 is 9.59 Å². The molecule has 1 aromatic heterocycles. The van der Waals surface area contributed by atoms with E-state index in [1.54, 1.807) is 6.92 Å². The molecule has 2 unspecified atom stereocenters. The Morgan fingerprint density at radius 3 is 2.42 bits per heavy atom. The number of rotatable bonds is 10. The van der Waals surface area contributed by atoms with E-state index < -0.39 is 6.04 Å². The number of thiazole rings is 1. The van der Waals surface area contributed by atoms with Gasteiger partial charge >= 0.3 is 0 Å². The van der Waals surface area contributed by atoms with Gasteiger partial charge in [0.15, 0.2) is 0 Å². The molecule has 174 valence electrons. The first-order valence-electron chi connectivity index (χ1n) is 11.0. The zero-order valence-electron chi connectivity index (χ0n) is 18.8. The largest absolute Gasteiger partial charge is 0.350 e. The molecule has 0 saturated heterocycles. The lowest BCUT2D eigenvalue weighted by atomic mass is 10.1. The molecule has 0 bridgehead atoms. The summed E-state index contributed by atoms with van der Waals surface area (Å²) in [6.45, 7) is 3.97. The third-order valence-electron chi connectivity index (χ3n) is 5.27. The molecular formula is C25H29ClN4O2S. The number of amides is 2. The number of hydrogen-bond acceptors (Lipinski definition) is 5. The molecule has 0 aliphatic heterocycles. The number of nitrogens with zero attached hydrogens (tertiary/aromatic N) is 1. The molecule has 0 spiro atoms. The summed E-state index contributed by atoms with van der Waals surface area (Å²) in [5.74, 6) is -0.461. The molecular weight excluding hydrogens is 456 g/mol. The summed E-state index contributed by atoms with van der Waals surface area (Å²) in [5.41, 5.74) is 8.76. The molecule has 0 radical (unpaired) electrons. The van der Waals surface area contributed by atoms with Crippen LogP contribution in [0.1, 0.15) is 29.6 Å². The third kappa shape index (κ3) is 6.87. The van der Waals surface area contributed by atoms with E-state index in [1.807, 2.05) is 61.5 Å². The van der Waals surface area contributed by atoms with E-state index in [4.69, 9.17) is 17.3 Å². The van der Waals surface area contributed by atoms with E-state index in [-0.39, 0.29) is 30.7 Å². The number of carbonyl (C=O) groups excluding carboxylic acids is 2. The van der Waals surface area contributed by atoms with Crippen LogP contribution in [0, 0.1) is 6.92 Å². The summed E-state index contributed by atoms with van der Waals surface area (Å²) in [6, 6.07) is 16.5. The molecule has 33 heavy (non-hydrogen) atoms. The van der Waals surface area contributed by atoms with Gasteiger partial charge in [0.1, 0.15) is 6.04 Å². The number of nitrogens with two attached hydrogens (primary N) is 1. The first-order chi connectivity index (χ1) is 15.9. The lowest BCUT2D eigenvalue weighted by Crippen LogP contribution is -2.52. The number of nitrogens with one attached hydrogen (secondary N) is 2. The topological polar surface area (TPSA) is 97.1 Å². The lowest BCUT2D eigenvalue weighted by molar-refractivity contribution is -0.129. The summed E-state index contributed by atoms with van der Waals surface area (Å²) in [6.07, 6.45) is 1.19. The molecule has 0 saturated carbocycles. The molecule has 0 aliphatic carbocycles. The predicted octanol–water partition coefficient (Wildman–Crippen LogP) is 3.90. The molecule has 4 N–H and O–H groups in total. The second-order valence-corrected chi connectivity index (χ2v) is 9.30. The van der Waals surface area contributed by atoms with Crippen LogP contribution in [0.4, 0.5) is 0 Å². The Labute approximate surface area is 203 Å². The summed E-state index contributed by atoms with van der Waals surface area (Å²) in [7, 11) is 0. The number of aromatic nitrogens is 1. The van der Waals surface area contributed by atoms with Gasteiger partial charge in [-0.1, -0.05) is 67.1 Å². The fraction of sp³-hybridized carbons (Fsp3) is 0.320. The van der Waals surface area contributed by atoms with Gasteiger partial charge in [-0.15, -0.1) is 11.3 Å². The predicted molar refractivity (Wildman–Crippen MR) is 134 cm³/mol. The summed E-state index contributed by atoms with van der Waals surface area (Å²) >= 11 is 7.85. The minimum Gasteiger partial charge on any atom is -0.350 e. The van der Waals surface area contributed by atoms with Gasteiger partial charge in [0.05, 0.1) is 15.6 Å². The maximum Gasteiger partial charge on any atom is 0.243 e. The smallest absolute Gasteiger partial charge is 0.243 e. The van der Waals surface area contributed by atoms with Crippen molar-refractivity contribution in [3.05, 3.63) is 75.9 Å². The Bertz CT molecular complexity index is 1090. The Hall–Kier alpha value is -2.74. The van der Waals surface area contributed by atoms with Crippen molar-refractivity contribution >= 4 is 34.8 Å². The van der Waals surface area contributed by atoms with Gasteiger partial charge in [-0.3, -0.25) is 9.59 Å². The van der Waals surface area contributed by atoms with E-state index in [1.165, 1.54) is 11.3 Å². The highest BCUT2D eigenvalue weighted by Crippen LogP contribution is 2.35. The number of halogens is 1. The minimum absolute atomic E-state index is 0.192. The van der Waals surface area contributed by atoms with Crippen molar-refractivity contribution in [1.29, 1.82) is 0 Å². The average molecular weight is 485 g/mol. The van der Waals surface area contributed by atoms with Crippen LogP contribution in [0.25, 0.3) is 10.4 Å². The summed E-state index contributed by atoms with van der Waals surface area (Å²) in [4.78, 5) is 30.9. The van der Waals surface area contributed by atoms with E-state index in [2.05, 4.69) is 15.6 Å². The Balaban J connectivity index is 1.77. The van der Waals surface area contributed by atoms with Gasteiger partial charge in [-0.05, 0) is 25.0 Å². The number of hydrogen-bond donors (Lipinski definition) is 3. The standard InChI is InChI=1S/C25H29ClN4O2S/c1-3-22(31)30-21(25(32)29-18(15-27)13-17-9-5-4-6-10-17)14-23-28-16(2)24(33-23)19-11-7-8-12-20(19)26/h4-12,18,21H,3,13-15,27H2,1-2H3,(H,29,32)(H,30,31). The zero-order valence-corrected chi connectivity index (χ0v) is 20.4. The minimum atomic E-state index is -0.744. The van der Waals surface area contributed by atoms with Gasteiger partial charge in [-0.25, -0.2) is 4.98 Å². The molecule has 3 rings (SSSR count). The van der Waals surface area contributed by atoms with Gasteiger partial charge in [-0.2, -0.15) is 0 Å². The molecule has 0 aliphatic rings. The normalized spacial score (nSPS) is 12.7. The zero-order chi connectivity index (χ0) is 23.8. The third-order valence-corrected chi connectivity index (χ3v) is 6.81. The van der Waals surface area contributed by atoms with Gasteiger partial charge in [0.2, 0.25) is 11.8 Å². The van der Waals surface area contributed by atoms with E-state index >= 15 is 0 Å². The fourth-order valence-electron chi connectivity index (χ4n) is 3.51. The maximum absolute atomic E-state index is 13.1. The number of carbonyl (C=O) groups is 2. The Morgan fingerprint density at radius 2 is 1.76 bits per heavy atom. The van der Waals surface area contributed by atoms with Crippen LogP contribution in [-0.2, 0) is 22.4 Å². The van der Waals surface area contributed by atoms with E-state index in [9.17, 15) is 9.59 Å². The van der Waals surface area contributed by atoms with Crippen LogP contribution in [0.5, 0.6) is 0 Å². The van der Waals surface area contributed by atoms with Crippen LogP contribution < -0.4 is 16.4 Å². The van der Waals surface area contributed by atoms with E-state index in [0.717, 1.165) is 26.7 Å². The lowest BCUT2D eigenvalue weighted by Gasteiger charge is -2.22. The molecule has 2 aromatic carbocycles. The highest BCUT2D eigenvalue weighted by Gasteiger charge is 2.25. The molecule has 1 heterocycles. The monoisotopic (exact) mass is 484 g/mol. The molecule has 3 aromatic rings. The second kappa shape index (κ2) is 11.9. The Morgan fingerprint density at radius 1 is 1.06 bits per heavy atom. The van der Waals surface area contributed by atoms with Crippen molar-refractivity contribution in [2.75, 3.05) is 6.54 Å². The van der Waals surface area contributed by atoms with Crippen molar-refractivity contribution in [3.8, 4) is 10.4 Å². The van der Waals surface area contributed by atoms with Crippen LogP contribution in [0.3, 0.4) is 0 Å². The highest BCUT2D eigenvalue weighted by molar-refractivity contribution is 7.15. The van der Waals surface area contributed by atoms with Gasteiger partial charge in [0.25, 0.3) is 0 Å². The SMILES string of the molecule is CCC(=O)NC(Cc1nc(C)c(-c2ccccc2Cl)s1)C(=O)NC(CN)Cc1ccccc1. The average Bonchev–Trinajstić information content (AvgIpc) is 3.18. The van der Waals surface area contributed by atoms with Crippen molar-refractivity contribution in [1.82, 2.24) is 15.6 Å². The van der Waals surface area contributed by atoms with Crippen LogP contribution in [-0.4, -0.2) is 35.4 Å². The van der Waals surface area contributed by atoms with Crippen molar-refractivity contribution in [3.63, 3.8) is 0 Å². The molecule has 2 amide bonds. The highest BCUT2D eigenvalue weighted by atomic mass is 35.5. The second-order valence-electron chi connectivity index (χ2n) is 7.81. The van der Waals surface area contributed by atoms with Gasteiger partial charge < -0.3 is 16.4 Å². The van der Waals surface area contributed by atoms with Crippen molar-refractivity contribution in [2.24, 2.45) is 5.73 Å². The summed E-state index contributed by atoms with van der Waals surface area (Å²) < 4.78 is 0. The van der Waals surface area contributed by atoms with Crippen LogP contribution >= 0.6 is 22.9 Å². The maximum atomic E-state index is 13.1. The van der Waals surface area contributed by atoms with E-state index in [0.29, 0.717) is 18.0 Å². The molecule has 8 heteroatoms. The quantitative estimate of drug-likeness (QED) is 0.406.